The highest BCUT2D eigenvalue weighted by Gasteiger charge is 2.15. The predicted molar refractivity (Wildman–Crippen MR) is 112 cm³/mol. The smallest absolute Gasteiger partial charge is 0.331 e. The van der Waals surface area contributed by atoms with E-state index >= 15 is 0 Å². The van der Waals surface area contributed by atoms with E-state index in [1.54, 1.807) is 18.2 Å². The first-order valence-electron chi connectivity index (χ1n) is 9.18. The zero-order valence-electron chi connectivity index (χ0n) is 17.4. The second-order valence-corrected chi connectivity index (χ2v) is 6.36. The lowest BCUT2D eigenvalue weighted by atomic mass is 10.2. The molecule has 8 nitrogen and oxygen atoms in total. The zero-order chi connectivity index (χ0) is 22.8. The first-order valence-corrected chi connectivity index (χ1v) is 9.18. The van der Waals surface area contributed by atoms with Crippen LogP contribution in [0.4, 0.5) is 10.1 Å². The van der Waals surface area contributed by atoms with Gasteiger partial charge in [-0.05, 0) is 48.0 Å². The van der Waals surface area contributed by atoms with Crippen molar-refractivity contribution in [1.82, 2.24) is 4.90 Å². The molecule has 0 radical (unpaired) electrons. The molecule has 31 heavy (non-hydrogen) atoms. The summed E-state index contributed by atoms with van der Waals surface area (Å²) >= 11 is 0. The fraction of sp³-hybridized carbons (Fsp3) is 0.227. The Hall–Kier alpha value is -3.88. The summed E-state index contributed by atoms with van der Waals surface area (Å²) in [6.07, 6.45) is 2.68. The molecule has 2 aromatic carbocycles. The number of benzene rings is 2. The van der Waals surface area contributed by atoms with E-state index in [1.165, 1.54) is 57.7 Å². The number of hydrogen-bond donors (Lipinski definition) is 1. The molecule has 0 spiro atoms. The normalized spacial score (nSPS) is 10.5. The van der Waals surface area contributed by atoms with Gasteiger partial charge in [-0.2, -0.15) is 0 Å². The van der Waals surface area contributed by atoms with Crippen LogP contribution in [0.25, 0.3) is 6.08 Å². The van der Waals surface area contributed by atoms with Gasteiger partial charge in [0.15, 0.2) is 18.1 Å². The monoisotopic (exact) mass is 430 g/mol. The molecule has 0 saturated heterocycles. The molecule has 0 fully saturated rings. The Labute approximate surface area is 179 Å². The van der Waals surface area contributed by atoms with Gasteiger partial charge in [0.1, 0.15) is 5.82 Å². The fourth-order valence-corrected chi connectivity index (χ4v) is 2.45. The van der Waals surface area contributed by atoms with Crippen LogP contribution in [-0.2, 0) is 19.1 Å². The van der Waals surface area contributed by atoms with Gasteiger partial charge in [0.2, 0.25) is 5.91 Å². The first-order chi connectivity index (χ1) is 14.8. The highest BCUT2D eigenvalue weighted by molar-refractivity contribution is 5.95. The van der Waals surface area contributed by atoms with E-state index in [0.29, 0.717) is 22.7 Å². The number of ether oxygens (including phenoxy) is 3. The second-order valence-electron chi connectivity index (χ2n) is 6.36. The molecule has 0 aliphatic heterocycles. The summed E-state index contributed by atoms with van der Waals surface area (Å²) in [5, 5.41) is 2.54. The van der Waals surface area contributed by atoms with Crippen LogP contribution in [0.1, 0.15) is 5.56 Å². The lowest BCUT2D eigenvalue weighted by Crippen LogP contribution is -2.37. The average Bonchev–Trinajstić information content (AvgIpc) is 2.77. The fourth-order valence-electron chi connectivity index (χ4n) is 2.45. The largest absolute Gasteiger partial charge is 0.493 e. The van der Waals surface area contributed by atoms with Gasteiger partial charge in [-0.25, -0.2) is 9.18 Å². The summed E-state index contributed by atoms with van der Waals surface area (Å²) in [4.78, 5) is 37.0. The third-order valence-corrected chi connectivity index (χ3v) is 4.09. The maximum absolute atomic E-state index is 12.9. The number of halogens is 1. The molecule has 164 valence electrons. The maximum atomic E-state index is 12.9. The van der Waals surface area contributed by atoms with Crippen molar-refractivity contribution in [2.75, 3.05) is 39.7 Å². The zero-order valence-corrected chi connectivity index (χ0v) is 17.4. The van der Waals surface area contributed by atoms with Gasteiger partial charge in [0.05, 0.1) is 20.8 Å². The van der Waals surface area contributed by atoms with Crippen molar-refractivity contribution in [2.24, 2.45) is 0 Å². The SMILES string of the molecule is COc1ccc(/C=C/C(=O)OCC(=O)N(C)CC(=O)Nc2ccc(F)cc2)cc1OC. The molecule has 0 saturated carbocycles. The Morgan fingerprint density at radius 1 is 1.03 bits per heavy atom. The Morgan fingerprint density at radius 2 is 1.71 bits per heavy atom. The summed E-state index contributed by atoms with van der Waals surface area (Å²) < 4.78 is 28.1. The lowest BCUT2D eigenvalue weighted by Gasteiger charge is -2.16. The number of likely N-dealkylation sites (N-methyl/N-ethyl adjacent to an activating group) is 1. The van der Waals surface area contributed by atoms with Crippen LogP contribution in [0.15, 0.2) is 48.5 Å². The number of nitrogens with zero attached hydrogens (tertiary/aromatic N) is 1. The van der Waals surface area contributed by atoms with Crippen molar-refractivity contribution < 1.29 is 33.0 Å². The molecule has 0 bridgehead atoms. The molecule has 0 heterocycles. The summed E-state index contributed by atoms with van der Waals surface area (Å²) in [7, 11) is 4.42. The van der Waals surface area contributed by atoms with E-state index in [2.05, 4.69) is 5.32 Å². The van der Waals surface area contributed by atoms with Crippen molar-refractivity contribution in [1.29, 1.82) is 0 Å². The topological polar surface area (TPSA) is 94.2 Å². The molecule has 2 amide bonds. The van der Waals surface area contributed by atoms with Crippen molar-refractivity contribution in [3.63, 3.8) is 0 Å². The molecule has 1 N–H and O–H groups in total. The maximum Gasteiger partial charge on any atom is 0.331 e. The van der Waals surface area contributed by atoms with Crippen LogP contribution >= 0.6 is 0 Å². The van der Waals surface area contributed by atoms with Crippen LogP contribution in [0, 0.1) is 5.82 Å². The van der Waals surface area contributed by atoms with E-state index in [4.69, 9.17) is 14.2 Å². The van der Waals surface area contributed by atoms with Crippen molar-refractivity contribution in [3.8, 4) is 11.5 Å². The third-order valence-electron chi connectivity index (χ3n) is 4.09. The molecule has 0 unspecified atom stereocenters. The molecule has 9 heteroatoms. The van der Waals surface area contributed by atoms with Crippen LogP contribution in [0.2, 0.25) is 0 Å². The standard InChI is InChI=1S/C22H23FN2O6/c1-25(13-20(26)24-17-8-6-16(23)7-9-17)21(27)14-31-22(28)11-5-15-4-10-18(29-2)19(12-15)30-3/h4-12H,13-14H2,1-3H3,(H,24,26)/b11-5+. The van der Waals surface area contributed by atoms with E-state index in [9.17, 15) is 18.8 Å². The minimum absolute atomic E-state index is 0.255. The van der Waals surface area contributed by atoms with Crippen LogP contribution < -0.4 is 14.8 Å². The van der Waals surface area contributed by atoms with Crippen LogP contribution in [0.5, 0.6) is 11.5 Å². The van der Waals surface area contributed by atoms with E-state index in [0.717, 1.165) is 4.90 Å². The van der Waals surface area contributed by atoms with E-state index in [1.807, 2.05) is 0 Å². The van der Waals surface area contributed by atoms with Crippen LogP contribution in [0.3, 0.4) is 0 Å². The van der Waals surface area contributed by atoms with Crippen molar-refractivity contribution in [3.05, 3.63) is 59.9 Å². The number of hydrogen-bond acceptors (Lipinski definition) is 6. The second kappa shape index (κ2) is 11.3. The summed E-state index contributed by atoms with van der Waals surface area (Å²) in [5.41, 5.74) is 1.08. The van der Waals surface area contributed by atoms with Gasteiger partial charge >= 0.3 is 5.97 Å². The molecule has 0 aliphatic carbocycles. The number of carbonyl (C=O) groups is 3. The predicted octanol–water partition coefficient (Wildman–Crippen LogP) is 2.50. The molecule has 2 rings (SSSR count). The number of amides is 2. The van der Waals surface area contributed by atoms with Gasteiger partial charge in [-0.1, -0.05) is 6.07 Å². The first kappa shape index (κ1) is 23.4. The van der Waals surface area contributed by atoms with E-state index in [-0.39, 0.29) is 6.54 Å². The quantitative estimate of drug-likeness (QED) is 0.485. The Balaban J connectivity index is 1.80. The number of esters is 1. The molecule has 0 atom stereocenters. The van der Waals surface area contributed by atoms with Crippen LogP contribution in [-0.4, -0.2) is 57.1 Å². The molecular formula is C22H23FN2O6. The number of nitrogens with one attached hydrogen (secondary N) is 1. The van der Waals surface area contributed by atoms with Crippen molar-refractivity contribution in [2.45, 2.75) is 0 Å². The number of anilines is 1. The Morgan fingerprint density at radius 3 is 2.35 bits per heavy atom. The highest BCUT2D eigenvalue weighted by atomic mass is 19.1. The number of rotatable bonds is 9. The summed E-state index contributed by atoms with van der Waals surface area (Å²) in [6.45, 7) is -0.773. The molecule has 0 aliphatic rings. The number of carbonyl (C=O) groups excluding carboxylic acids is 3. The number of methoxy groups -OCH3 is 2. The molecular weight excluding hydrogens is 407 g/mol. The molecule has 0 aromatic heterocycles. The van der Waals surface area contributed by atoms with Gasteiger partial charge < -0.3 is 24.4 Å². The Bertz CT molecular complexity index is 959. The molecule has 2 aromatic rings. The summed E-state index contributed by atoms with van der Waals surface area (Å²) in [6, 6.07) is 10.3. The van der Waals surface area contributed by atoms with Gasteiger partial charge in [-0.3, -0.25) is 9.59 Å². The lowest BCUT2D eigenvalue weighted by molar-refractivity contribution is -0.148. The van der Waals surface area contributed by atoms with Crippen molar-refractivity contribution >= 4 is 29.5 Å². The van der Waals surface area contributed by atoms with Gasteiger partial charge in [-0.15, -0.1) is 0 Å². The van der Waals surface area contributed by atoms with Gasteiger partial charge in [0.25, 0.3) is 5.91 Å². The third kappa shape index (κ3) is 7.46. The van der Waals surface area contributed by atoms with Gasteiger partial charge in [0, 0.05) is 18.8 Å². The van der Waals surface area contributed by atoms with E-state index < -0.39 is 30.2 Å². The minimum atomic E-state index is -0.715. The highest BCUT2D eigenvalue weighted by Crippen LogP contribution is 2.27. The summed E-state index contributed by atoms with van der Waals surface area (Å²) in [5.74, 6) is -1.10. The average molecular weight is 430 g/mol. The minimum Gasteiger partial charge on any atom is -0.493 e. The Kier molecular flexibility index (Phi) is 8.56.